The van der Waals surface area contributed by atoms with E-state index in [1.165, 1.54) is 51.4 Å². The van der Waals surface area contributed by atoms with Crippen LogP contribution in [0, 0.1) is 29.6 Å². The molecular weight excluding hydrogens is 192 g/mol. The van der Waals surface area contributed by atoms with Crippen LogP contribution in [0.15, 0.2) is 0 Å². The molecule has 2 aliphatic carbocycles. The molecule has 0 amide bonds. The molecule has 2 rings (SSSR count). The van der Waals surface area contributed by atoms with E-state index in [0.29, 0.717) is 5.41 Å². The maximum Gasteiger partial charge on any atom is -0.0354 e. The largest absolute Gasteiger partial charge is 0.0599 e. The van der Waals surface area contributed by atoms with Gasteiger partial charge in [0.1, 0.15) is 0 Å². The quantitative estimate of drug-likeness (QED) is 0.568. The van der Waals surface area contributed by atoms with Crippen LogP contribution in [0.1, 0.15) is 72.1 Å². The highest BCUT2D eigenvalue weighted by Gasteiger charge is 2.32. The molecule has 16 heavy (non-hydrogen) atoms. The van der Waals surface area contributed by atoms with E-state index in [1.54, 1.807) is 0 Å². The maximum atomic E-state index is 2.50. The summed E-state index contributed by atoms with van der Waals surface area (Å²) in [5, 5.41) is 0. The predicted molar refractivity (Wildman–Crippen MR) is 71.2 cm³/mol. The second kappa shape index (κ2) is 5.10. The molecule has 0 aromatic rings. The predicted octanol–water partition coefficient (Wildman–Crippen LogP) is 5.23. The molecule has 0 aromatic carbocycles. The van der Waals surface area contributed by atoms with E-state index >= 15 is 0 Å². The third kappa shape index (κ3) is 3.02. The maximum absolute atomic E-state index is 2.50. The van der Waals surface area contributed by atoms with Gasteiger partial charge in [0.2, 0.25) is 0 Å². The van der Waals surface area contributed by atoms with Crippen LogP contribution in [0.2, 0.25) is 0 Å². The minimum absolute atomic E-state index is 0.547. The summed E-state index contributed by atoms with van der Waals surface area (Å²) in [7, 11) is 0. The average molecular weight is 221 g/mol. The molecular formula is C16H29. The van der Waals surface area contributed by atoms with Gasteiger partial charge in [0.25, 0.3) is 0 Å². The van der Waals surface area contributed by atoms with Crippen LogP contribution in [-0.2, 0) is 0 Å². The molecule has 2 saturated carbocycles. The second-order valence-electron chi connectivity index (χ2n) is 7.18. The first-order valence-corrected chi connectivity index (χ1v) is 7.39. The lowest BCUT2D eigenvalue weighted by Gasteiger charge is -2.40. The highest BCUT2D eigenvalue weighted by molar-refractivity contribution is 4.86. The van der Waals surface area contributed by atoms with Crippen molar-refractivity contribution in [3.63, 3.8) is 0 Å². The molecule has 0 N–H and O–H groups in total. The summed E-state index contributed by atoms with van der Waals surface area (Å²) in [6.45, 7) is 7.27. The third-order valence-electron chi connectivity index (χ3n) is 5.15. The second-order valence-corrected chi connectivity index (χ2v) is 7.18. The van der Waals surface area contributed by atoms with Crippen molar-refractivity contribution < 1.29 is 0 Å². The van der Waals surface area contributed by atoms with Crippen LogP contribution in [0.4, 0.5) is 0 Å². The van der Waals surface area contributed by atoms with Crippen molar-refractivity contribution >= 4 is 0 Å². The molecule has 0 saturated heterocycles. The van der Waals surface area contributed by atoms with Gasteiger partial charge in [-0.3, -0.25) is 0 Å². The van der Waals surface area contributed by atoms with Gasteiger partial charge in [0.15, 0.2) is 0 Å². The Bertz CT molecular complexity index is 197. The fourth-order valence-corrected chi connectivity index (χ4v) is 3.88. The van der Waals surface area contributed by atoms with Gasteiger partial charge in [-0.15, -0.1) is 0 Å². The monoisotopic (exact) mass is 221 g/mol. The fourth-order valence-electron chi connectivity index (χ4n) is 3.88. The summed E-state index contributed by atoms with van der Waals surface area (Å²) in [6, 6.07) is 0. The molecule has 2 fully saturated rings. The van der Waals surface area contributed by atoms with Crippen LogP contribution in [-0.4, -0.2) is 0 Å². The Balaban J connectivity index is 1.80. The Morgan fingerprint density at radius 2 is 1.25 bits per heavy atom. The molecule has 0 atom stereocenters. The number of rotatable bonds is 1. The molecule has 0 nitrogen and oxygen atoms in total. The molecule has 0 aromatic heterocycles. The van der Waals surface area contributed by atoms with Gasteiger partial charge < -0.3 is 0 Å². The first-order chi connectivity index (χ1) is 7.57. The van der Waals surface area contributed by atoms with Crippen molar-refractivity contribution in [1.82, 2.24) is 0 Å². The van der Waals surface area contributed by atoms with Crippen molar-refractivity contribution in [2.45, 2.75) is 72.1 Å². The Morgan fingerprint density at radius 3 is 1.75 bits per heavy atom. The van der Waals surface area contributed by atoms with Gasteiger partial charge in [-0.05, 0) is 81.0 Å². The van der Waals surface area contributed by atoms with Crippen LogP contribution in [0.25, 0.3) is 0 Å². The Hall–Kier alpha value is 0. The van der Waals surface area contributed by atoms with Crippen molar-refractivity contribution in [3.8, 4) is 0 Å². The topological polar surface area (TPSA) is 0 Å². The normalized spacial score (nSPS) is 33.9. The van der Waals surface area contributed by atoms with E-state index in [-0.39, 0.29) is 0 Å². The molecule has 0 bridgehead atoms. The van der Waals surface area contributed by atoms with E-state index in [1.807, 2.05) is 0 Å². The average Bonchev–Trinajstić information content (AvgIpc) is 2.29. The van der Waals surface area contributed by atoms with Crippen LogP contribution < -0.4 is 0 Å². The van der Waals surface area contributed by atoms with Crippen LogP contribution in [0.3, 0.4) is 0 Å². The van der Waals surface area contributed by atoms with E-state index in [0.717, 1.165) is 17.8 Å². The van der Waals surface area contributed by atoms with Crippen LogP contribution in [0.5, 0.6) is 0 Å². The fraction of sp³-hybridized carbons (Fsp3) is 0.938. The van der Waals surface area contributed by atoms with Crippen molar-refractivity contribution in [2.24, 2.45) is 23.2 Å². The first kappa shape index (κ1) is 12.5. The lowest BCUT2D eigenvalue weighted by atomic mass is 9.65. The lowest BCUT2D eigenvalue weighted by molar-refractivity contribution is 0.114. The highest BCUT2D eigenvalue weighted by atomic mass is 14.4. The minimum Gasteiger partial charge on any atom is -0.0599 e. The summed E-state index contributed by atoms with van der Waals surface area (Å²) in [4.78, 5) is 0. The van der Waals surface area contributed by atoms with Crippen molar-refractivity contribution in [2.75, 3.05) is 0 Å². The summed E-state index contributed by atoms with van der Waals surface area (Å²) >= 11 is 0. The van der Waals surface area contributed by atoms with Crippen molar-refractivity contribution in [1.29, 1.82) is 0 Å². The zero-order valence-corrected chi connectivity index (χ0v) is 11.5. The van der Waals surface area contributed by atoms with E-state index in [9.17, 15) is 0 Å². The third-order valence-corrected chi connectivity index (χ3v) is 5.15. The van der Waals surface area contributed by atoms with Gasteiger partial charge >= 0.3 is 0 Å². The Morgan fingerprint density at radius 1 is 0.750 bits per heavy atom. The smallest absolute Gasteiger partial charge is 0.0354 e. The van der Waals surface area contributed by atoms with Gasteiger partial charge in [-0.2, -0.15) is 0 Å². The lowest BCUT2D eigenvalue weighted by Crippen LogP contribution is -2.29. The van der Waals surface area contributed by atoms with Gasteiger partial charge in [0, 0.05) is 0 Å². The van der Waals surface area contributed by atoms with Crippen molar-refractivity contribution in [3.05, 3.63) is 6.42 Å². The van der Waals surface area contributed by atoms with Crippen LogP contribution >= 0.6 is 0 Å². The molecule has 0 heteroatoms. The number of hydrogen-bond donors (Lipinski definition) is 0. The van der Waals surface area contributed by atoms with E-state index in [4.69, 9.17) is 0 Å². The summed E-state index contributed by atoms with van der Waals surface area (Å²) in [5.41, 5.74) is 0.547. The number of hydrogen-bond acceptors (Lipinski definition) is 0. The first-order valence-electron chi connectivity index (χ1n) is 7.39. The highest BCUT2D eigenvalue weighted by Crippen LogP contribution is 2.44. The zero-order valence-electron chi connectivity index (χ0n) is 11.5. The summed E-state index contributed by atoms with van der Waals surface area (Å²) in [5.74, 6) is 3.14. The Kier molecular flexibility index (Phi) is 3.97. The SMILES string of the molecule is CC(C)(C)C1CCC(C2CC[CH]CC2)CC1. The minimum atomic E-state index is 0.547. The van der Waals surface area contributed by atoms with E-state index in [2.05, 4.69) is 27.2 Å². The molecule has 0 heterocycles. The van der Waals surface area contributed by atoms with E-state index < -0.39 is 0 Å². The molecule has 2 aliphatic rings. The summed E-state index contributed by atoms with van der Waals surface area (Å²) in [6.07, 6.45) is 14.3. The standard InChI is InChI=1S/C16H29/c1-16(2,3)15-11-9-14(10-12-15)13-7-5-4-6-8-13/h4,13-15H,5-12H2,1-3H3. The van der Waals surface area contributed by atoms with Gasteiger partial charge in [0.05, 0.1) is 0 Å². The zero-order chi connectivity index (χ0) is 11.6. The molecule has 0 unspecified atom stereocenters. The van der Waals surface area contributed by atoms with Gasteiger partial charge in [-0.1, -0.05) is 20.8 Å². The molecule has 93 valence electrons. The Labute approximate surface area is 102 Å². The molecule has 0 aliphatic heterocycles. The summed E-state index contributed by atoms with van der Waals surface area (Å²) < 4.78 is 0. The van der Waals surface area contributed by atoms with Gasteiger partial charge in [-0.25, -0.2) is 0 Å². The molecule has 1 radical (unpaired) electrons. The molecule has 0 spiro atoms.